The van der Waals surface area contributed by atoms with Crippen molar-refractivity contribution in [3.8, 4) is 0 Å². The average Bonchev–Trinajstić information content (AvgIpc) is 2.23. The monoisotopic (exact) mass is 277 g/mol. The molecule has 0 aliphatic rings. The van der Waals surface area contributed by atoms with Crippen LogP contribution in [-0.2, 0) is 14.4 Å². The summed E-state index contributed by atoms with van der Waals surface area (Å²) in [5, 5.41) is 19.3. The van der Waals surface area contributed by atoms with Gasteiger partial charge in [0.1, 0.15) is 5.25 Å². The van der Waals surface area contributed by atoms with Gasteiger partial charge in [-0.15, -0.1) is 11.8 Å². The van der Waals surface area contributed by atoms with Crippen LogP contribution in [0.3, 0.4) is 0 Å². The largest absolute Gasteiger partial charge is 0.481 e. The van der Waals surface area contributed by atoms with Gasteiger partial charge in [0.2, 0.25) is 5.91 Å². The second kappa shape index (κ2) is 8.79. The van der Waals surface area contributed by atoms with Gasteiger partial charge in [0.05, 0.1) is 5.75 Å². The first-order valence-electron chi connectivity index (χ1n) is 5.67. The number of aliphatic carboxylic acids is 2. The van der Waals surface area contributed by atoms with Crippen molar-refractivity contribution in [3.63, 3.8) is 0 Å². The first-order valence-corrected chi connectivity index (χ1v) is 6.72. The molecule has 104 valence electrons. The van der Waals surface area contributed by atoms with Crippen LogP contribution in [-0.4, -0.2) is 45.6 Å². The summed E-state index contributed by atoms with van der Waals surface area (Å²) in [5.74, 6) is -2.06. The molecule has 0 aromatic carbocycles. The summed E-state index contributed by atoms with van der Waals surface area (Å²) in [5.41, 5.74) is 0. The Balaban J connectivity index is 3.81. The van der Waals surface area contributed by atoms with E-state index in [0.29, 0.717) is 13.0 Å². The summed E-state index contributed by atoms with van der Waals surface area (Å²) in [6.07, 6.45) is 0.384. The average molecular weight is 277 g/mol. The van der Waals surface area contributed by atoms with E-state index in [1.165, 1.54) is 0 Å². The van der Waals surface area contributed by atoms with Crippen LogP contribution in [0.15, 0.2) is 0 Å². The highest BCUT2D eigenvalue weighted by atomic mass is 32.2. The van der Waals surface area contributed by atoms with Crippen molar-refractivity contribution in [2.75, 3.05) is 12.3 Å². The van der Waals surface area contributed by atoms with Gasteiger partial charge in [-0.3, -0.25) is 14.4 Å². The second-order valence-electron chi connectivity index (χ2n) is 4.16. The fraction of sp³-hybridized carbons (Fsp3) is 0.727. The Bertz CT molecular complexity index is 306. The molecule has 0 rings (SSSR count). The van der Waals surface area contributed by atoms with E-state index in [1.807, 2.05) is 0 Å². The van der Waals surface area contributed by atoms with Crippen molar-refractivity contribution in [1.82, 2.24) is 5.32 Å². The van der Waals surface area contributed by atoms with Crippen molar-refractivity contribution in [2.24, 2.45) is 5.92 Å². The van der Waals surface area contributed by atoms with E-state index < -0.39 is 17.2 Å². The minimum atomic E-state index is -0.923. The van der Waals surface area contributed by atoms with Crippen LogP contribution in [0.25, 0.3) is 0 Å². The molecule has 0 aliphatic carbocycles. The maximum Gasteiger partial charge on any atom is 0.316 e. The van der Waals surface area contributed by atoms with E-state index in [2.05, 4.69) is 5.32 Å². The lowest BCUT2D eigenvalue weighted by Gasteiger charge is -2.15. The number of carboxylic acids is 2. The Morgan fingerprint density at radius 2 is 1.83 bits per heavy atom. The first-order chi connectivity index (χ1) is 8.34. The summed E-state index contributed by atoms with van der Waals surface area (Å²) >= 11 is 1.08. The van der Waals surface area contributed by atoms with E-state index in [0.717, 1.165) is 11.8 Å². The Morgan fingerprint density at radius 1 is 1.22 bits per heavy atom. The zero-order valence-corrected chi connectivity index (χ0v) is 11.3. The molecule has 0 bridgehead atoms. The van der Waals surface area contributed by atoms with Gasteiger partial charge in [-0.05, 0) is 12.3 Å². The van der Waals surface area contributed by atoms with Crippen molar-refractivity contribution >= 4 is 29.6 Å². The molecule has 6 nitrogen and oxygen atoms in total. The van der Waals surface area contributed by atoms with E-state index in [1.54, 1.807) is 13.8 Å². The van der Waals surface area contributed by atoms with Gasteiger partial charge in [-0.2, -0.15) is 0 Å². The summed E-state index contributed by atoms with van der Waals surface area (Å²) in [6.45, 7) is 3.87. The number of nitrogens with one attached hydrogen (secondary N) is 1. The van der Waals surface area contributed by atoms with Crippen LogP contribution >= 0.6 is 11.8 Å². The Hall–Kier alpha value is -1.24. The van der Waals surface area contributed by atoms with Crippen molar-refractivity contribution < 1.29 is 24.6 Å². The zero-order valence-electron chi connectivity index (χ0n) is 10.5. The predicted molar refractivity (Wildman–Crippen MR) is 68.6 cm³/mol. The summed E-state index contributed by atoms with van der Waals surface area (Å²) < 4.78 is 0. The van der Waals surface area contributed by atoms with Crippen molar-refractivity contribution in [2.45, 2.75) is 31.9 Å². The Morgan fingerprint density at radius 3 is 2.28 bits per heavy atom. The smallest absolute Gasteiger partial charge is 0.316 e. The Labute approximate surface area is 110 Å². The number of carboxylic acid groups (broad SMARTS) is 2. The van der Waals surface area contributed by atoms with Crippen LogP contribution in [0, 0.1) is 5.92 Å². The maximum atomic E-state index is 11.4. The number of thioether (sulfide) groups is 1. The molecule has 0 heterocycles. The molecule has 0 aromatic heterocycles. The number of hydrogen-bond donors (Lipinski definition) is 3. The van der Waals surface area contributed by atoms with Crippen LogP contribution in [0.5, 0.6) is 0 Å². The lowest BCUT2D eigenvalue weighted by atomic mass is 10.1. The van der Waals surface area contributed by atoms with E-state index >= 15 is 0 Å². The molecule has 1 atom stereocenters. The minimum absolute atomic E-state index is 0.0111. The van der Waals surface area contributed by atoms with Gasteiger partial charge in [0, 0.05) is 13.0 Å². The van der Waals surface area contributed by atoms with E-state index in [4.69, 9.17) is 10.2 Å². The number of hydrogen-bond acceptors (Lipinski definition) is 4. The molecule has 18 heavy (non-hydrogen) atoms. The van der Waals surface area contributed by atoms with Gasteiger partial charge in [0.25, 0.3) is 0 Å². The summed E-state index contributed by atoms with van der Waals surface area (Å²) in [6, 6.07) is 0. The molecule has 0 saturated carbocycles. The molecule has 0 fully saturated rings. The third kappa shape index (κ3) is 7.94. The number of carbonyl (C=O) groups is 3. The van der Waals surface area contributed by atoms with Gasteiger partial charge < -0.3 is 15.5 Å². The summed E-state index contributed by atoms with van der Waals surface area (Å²) in [4.78, 5) is 32.5. The lowest BCUT2D eigenvalue weighted by Crippen LogP contribution is -2.30. The zero-order chi connectivity index (χ0) is 14.1. The molecule has 0 saturated heterocycles. The third-order valence-electron chi connectivity index (χ3n) is 2.13. The van der Waals surface area contributed by atoms with Crippen LogP contribution in [0.4, 0.5) is 0 Å². The topological polar surface area (TPSA) is 104 Å². The molecule has 3 N–H and O–H groups in total. The highest BCUT2D eigenvalue weighted by Crippen LogP contribution is 2.19. The van der Waals surface area contributed by atoms with Crippen LogP contribution in [0.2, 0.25) is 0 Å². The van der Waals surface area contributed by atoms with Gasteiger partial charge in [-0.1, -0.05) is 13.8 Å². The lowest BCUT2D eigenvalue weighted by molar-refractivity contribution is -0.138. The number of amides is 1. The third-order valence-corrected chi connectivity index (χ3v) is 3.67. The predicted octanol–water partition coefficient (Wildman–Crippen LogP) is 0.810. The van der Waals surface area contributed by atoms with Crippen LogP contribution in [0.1, 0.15) is 26.7 Å². The van der Waals surface area contributed by atoms with Crippen LogP contribution < -0.4 is 5.32 Å². The van der Waals surface area contributed by atoms with E-state index in [9.17, 15) is 14.4 Å². The molecule has 1 amide bonds. The number of carbonyl (C=O) groups excluding carboxylic acids is 1. The van der Waals surface area contributed by atoms with Crippen molar-refractivity contribution in [1.29, 1.82) is 0 Å². The fourth-order valence-corrected chi connectivity index (χ4v) is 2.19. The normalized spacial score (nSPS) is 12.2. The fourth-order valence-electron chi connectivity index (χ4n) is 1.23. The SMILES string of the molecule is CC(C)C(SCC(=O)NCCCC(=O)O)C(=O)O. The molecule has 0 spiro atoms. The van der Waals surface area contributed by atoms with E-state index in [-0.39, 0.29) is 24.0 Å². The van der Waals surface area contributed by atoms with Crippen molar-refractivity contribution in [3.05, 3.63) is 0 Å². The second-order valence-corrected chi connectivity index (χ2v) is 5.29. The molecule has 0 aliphatic heterocycles. The highest BCUT2D eigenvalue weighted by molar-refractivity contribution is 8.01. The molecule has 7 heteroatoms. The molecular formula is C11H19NO5S. The molecule has 0 aromatic rings. The highest BCUT2D eigenvalue weighted by Gasteiger charge is 2.22. The van der Waals surface area contributed by atoms with Gasteiger partial charge >= 0.3 is 11.9 Å². The molecular weight excluding hydrogens is 258 g/mol. The number of rotatable bonds is 9. The molecule has 1 unspecified atom stereocenters. The quantitative estimate of drug-likeness (QED) is 0.539. The maximum absolute atomic E-state index is 11.4. The first kappa shape index (κ1) is 16.8. The molecule has 0 radical (unpaired) electrons. The minimum Gasteiger partial charge on any atom is -0.481 e. The Kier molecular flexibility index (Phi) is 8.19. The van der Waals surface area contributed by atoms with Gasteiger partial charge in [0.15, 0.2) is 0 Å². The van der Waals surface area contributed by atoms with Gasteiger partial charge in [-0.25, -0.2) is 0 Å². The summed E-state index contributed by atoms with van der Waals surface area (Å²) in [7, 11) is 0. The standard InChI is InChI=1S/C11H19NO5S/c1-7(2)10(11(16)17)18-6-8(13)12-5-3-4-9(14)15/h7,10H,3-6H2,1-2H3,(H,12,13)(H,14,15)(H,16,17).